The Hall–Kier alpha value is -4.05. The van der Waals surface area contributed by atoms with Gasteiger partial charge in [0.2, 0.25) is 21.8 Å². The number of rotatable bonds is 11. The van der Waals surface area contributed by atoms with E-state index in [0.717, 1.165) is 21.0 Å². The van der Waals surface area contributed by atoms with Crippen LogP contribution in [0.5, 0.6) is 11.5 Å². The molecule has 0 unspecified atom stereocenters. The van der Waals surface area contributed by atoms with Crippen LogP contribution in [-0.4, -0.2) is 62.2 Å². The molecular weight excluding hydrogens is 566 g/mol. The second-order valence-electron chi connectivity index (χ2n) is 11.7. The fourth-order valence-corrected chi connectivity index (χ4v) is 5.97. The van der Waals surface area contributed by atoms with E-state index in [0.29, 0.717) is 24.7 Å². The maximum atomic E-state index is 14.4. The van der Waals surface area contributed by atoms with Crippen LogP contribution in [0.4, 0.5) is 5.69 Å². The minimum absolute atomic E-state index is 0.122. The van der Waals surface area contributed by atoms with Gasteiger partial charge < -0.3 is 19.7 Å². The summed E-state index contributed by atoms with van der Waals surface area (Å²) in [6.07, 6.45) is 0.255. The van der Waals surface area contributed by atoms with Gasteiger partial charge in [-0.2, -0.15) is 0 Å². The lowest BCUT2D eigenvalue weighted by atomic mass is 10.0. The van der Waals surface area contributed by atoms with Crippen molar-refractivity contribution in [2.75, 3.05) is 29.8 Å². The summed E-state index contributed by atoms with van der Waals surface area (Å²) in [5, 5.41) is 3.04. The maximum absolute atomic E-state index is 14.4. The van der Waals surface area contributed by atoms with Gasteiger partial charge in [0.1, 0.15) is 25.8 Å². The van der Waals surface area contributed by atoms with Gasteiger partial charge in [-0.15, -0.1) is 0 Å². The Labute approximate surface area is 254 Å². The molecule has 2 amide bonds. The van der Waals surface area contributed by atoms with E-state index >= 15 is 0 Å². The number of fused-ring (bicyclic) bond motifs is 1. The van der Waals surface area contributed by atoms with Gasteiger partial charge in [-0.1, -0.05) is 60.2 Å². The van der Waals surface area contributed by atoms with Crippen LogP contribution in [0, 0.1) is 6.92 Å². The molecule has 43 heavy (non-hydrogen) atoms. The number of hydrogen-bond acceptors (Lipinski definition) is 6. The molecule has 0 spiro atoms. The number of carbonyl (C=O) groups excluding carboxylic acids is 2. The standard InChI is InChI=1S/C33H41N3O6S/c1-6-43(39,40)36(27-15-16-29-30(21-27)42-18-17-41-29)23-31(37)35(22-26-14-10-11-24(2)19-26)28(32(38)34-33(3,4)5)20-25-12-8-7-9-13-25/h7-16,19,21,28H,6,17-18,20,22-23H2,1-5H3,(H,34,38)/t28-/m1/s1. The van der Waals surface area contributed by atoms with Crippen molar-refractivity contribution in [2.24, 2.45) is 0 Å². The Bertz CT molecular complexity index is 1540. The Balaban J connectivity index is 1.76. The lowest BCUT2D eigenvalue weighted by Gasteiger charge is -2.35. The van der Waals surface area contributed by atoms with Gasteiger partial charge in [-0.25, -0.2) is 8.42 Å². The Morgan fingerprint density at radius 2 is 1.58 bits per heavy atom. The lowest BCUT2D eigenvalue weighted by Crippen LogP contribution is -2.56. The molecule has 1 heterocycles. The number of nitrogens with zero attached hydrogens (tertiary/aromatic N) is 2. The summed E-state index contributed by atoms with van der Waals surface area (Å²) in [5.74, 6) is -0.112. The summed E-state index contributed by atoms with van der Waals surface area (Å²) in [6.45, 7) is 9.51. The second kappa shape index (κ2) is 13.5. The highest BCUT2D eigenvalue weighted by molar-refractivity contribution is 7.92. The normalized spacial score (nSPS) is 13.6. The van der Waals surface area contributed by atoms with Gasteiger partial charge in [0.25, 0.3) is 0 Å². The summed E-state index contributed by atoms with van der Waals surface area (Å²) in [5.41, 5.74) is 2.46. The third-order valence-electron chi connectivity index (χ3n) is 7.00. The molecule has 0 aliphatic carbocycles. The lowest BCUT2D eigenvalue weighted by molar-refractivity contribution is -0.140. The van der Waals surface area contributed by atoms with Crippen LogP contribution in [0.15, 0.2) is 72.8 Å². The van der Waals surface area contributed by atoms with Gasteiger partial charge in [-0.05, 0) is 57.9 Å². The van der Waals surface area contributed by atoms with E-state index < -0.39 is 34.1 Å². The van der Waals surface area contributed by atoms with Gasteiger partial charge in [0, 0.05) is 24.6 Å². The Kier molecular flexibility index (Phi) is 10.0. The number of hydrogen-bond donors (Lipinski definition) is 1. The summed E-state index contributed by atoms with van der Waals surface area (Å²) in [6, 6.07) is 21.1. The molecule has 1 atom stereocenters. The van der Waals surface area contributed by atoms with Crippen LogP contribution < -0.4 is 19.1 Å². The monoisotopic (exact) mass is 607 g/mol. The van der Waals surface area contributed by atoms with Crippen LogP contribution in [0.2, 0.25) is 0 Å². The third kappa shape index (κ3) is 8.50. The molecule has 4 rings (SSSR count). The minimum Gasteiger partial charge on any atom is -0.486 e. The van der Waals surface area contributed by atoms with Gasteiger partial charge in [-0.3, -0.25) is 13.9 Å². The predicted molar refractivity (Wildman–Crippen MR) is 168 cm³/mol. The quantitative estimate of drug-likeness (QED) is 0.345. The number of nitrogens with one attached hydrogen (secondary N) is 1. The van der Waals surface area contributed by atoms with Crippen molar-refractivity contribution in [1.29, 1.82) is 0 Å². The number of ether oxygens (including phenoxy) is 2. The first-order valence-corrected chi connectivity index (χ1v) is 16.1. The minimum atomic E-state index is -3.89. The van der Waals surface area contributed by atoms with Crippen LogP contribution >= 0.6 is 0 Å². The van der Waals surface area contributed by atoms with E-state index in [4.69, 9.17) is 9.47 Å². The van der Waals surface area contributed by atoms with E-state index in [9.17, 15) is 18.0 Å². The van der Waals surface area contributed by atoms with Crippen LogP contribution in [0.1, 0.15) is 44.4 Å². The summed E-state index contributed by atoms with van der Waals surface area (Å²) in [4.78, 5) is 29.7. The molecule has 3 aromatic carbocycles. The van der Waals surface area contributed by atoms with E-state index in [1.54, 1.807) is 18.2 Å². The van der Waals surface area contributed by atoms with Crippen molar-refractivity contribution in [3.05, 3.63) is 89.5 Å². The summed E-state index contributed by atoms with van der Waals surface area (Å²) >= 11 is 0. The van der Waals surface area contributed by atoms with Gasteiger partial charge >= 0.3 is 0 Å². The van der Waals surface area contributed by atoms with E-state index in [2.05, 4.69) is 5.32 Å². The zero-order valence-electron chi connectivity index (χ0n) is 25.5. The Morgan fingerprint density at radius 1 is 0.907 bits per heavy atom. The summed E-state index contributed by atoms with van der Waals surface area (Å²) in [7, 11) is -3.89. The topological polar surface area (TPSA) is 105 Å². The molecule has 1 aliphatic heterocycles. The Morgan fingerprint density at radius 3 is 2.23 bits per heavy atom. The van der Waals surface area contributed by atoms with Crippen molar-refractivity contribution in [2.45, 2.75) is 59.2 Å². The SMILES string of the molecule is CCS(=O)(=O)N(CC(=O)N(Cc1cccc(C)c1)[C@H](Cc1ccccc1)C(=O)NC(C)(C)C)c1ccc2c(c1)OCCO2. The van der Waals surface area contributed by atoms with Gasteiger partial charge in [0.15, 0.2) is 11.5 Å². The molecule has 10 heteroatoms. The predicted octanol–water partition coefficient (Wildman–Crippen LogP) is 4.48. The molecular formula is C33H41N3O6S. The average molecular weight is 608 g/mol. The highest BCUT2D eigenvalue weighted by Gasteiger charge is 2.35. The van der Waals surface area contributed by atoms with Crippen LogP contribution in [0.25, 0.3) is 0 Å². The van der Waals surface area contributed by atoms with Crippen LogP contribution in [-0.2, 0) is 32.6 Å². The fourth-order valence-electron chi connectivity index (χ4n) is 4.92. The fraction of sp³-hybridized carbons (Fsp3) is 0.394. The number of anilines is 1. The molecule has 230 valence electrons. The van der Waals surface area contributed by atoms with Gasteiger partial charge in [0.05, 0.1) is 11.4 Å². The second-order valence-corrected chi connectivity index (χ2v) is 13.9. The van der Waals surface area contributed by atoms with Crippen molar-refractivity contribution < 1.29 is 27.5 Å². The highest BCUT2D eigenvalue weighted by atomic mass is 32.2. The molecule has 3 aromatic rings. The molecule has 0 saturated carbocycles. The van der Waals surface area contributed by atoms with E-state index in [1.165, 1.54) is 11.8 Å². The molecule has 0 radical (unpaired) electrons. The van der Waals surface area contributed by atoms with Crippen LogP contribution in [0.3, 0.4) is 0 Å². The molecule has 1 aliphatic rings. The number of sulfonamides is 1. The number of carbonyl (C=O) groups is 2. The third-order valence-corrected chi connectivity index (χ3v) is 8.74. The zero-order chi connectivity index (χ0) is 31.2. The molecule has 0 fully saturated rings. The van der Waals surface area contributed by atoms with Crippen molar-refractivity contribution >= 4 is 27.5 Å². The maximum Gasteiger partial charge on any atom is 0.244 e. The summed E-state index contributed by atoms with van der Waals surface area (Å²) < 4.78 is 39.2. The average Bonchev–Trinajstić information content (AvgIpc) is 2.97. The molecule has 9 nitrogen and oxygen atoms in total. The first-order valence-electron chi connectivity index (χ1n) is 14.5. The number of aryl methyl sites for hydroxylation is 1. The number of amides is 2. The highest BCUT2D eigenvalue weighted by Crippen LogP contribution is 2.35. The molecule has 0 bridgehead atoms. The first kappa shape index (κ1) is 31.9. The van der Waals surface area contributed by atoms with E-state index in [1.807, 2.05) is 82.3 Å². The molecule has 1 N–H and O–H groups in total. The molecule has 0 aromatic heterocycles. The first-order chi connectivity index (χ1) is 20.4. The smallest absolute Gasteiger partial charge is 0.244 e. The zero-order valence-corrected chi connectivity index (χ0v) is 26.3. The molecule has 0 saturated heterocycles. The van der Waals surface area contributed by atoms with Crippen molar-refractivity contribution in [3.63, 3.8) is 0 Å². The number of benzene rings is 3. The van der Waals surface area contributed by atoms with E-state index in [-0.39, 0.29) is 30.3 Å². The largest absolute Gasteiger partial charge is 0.486 e. The van der Waals surface area contributed by atoms with Crippen molar-refractivity contribution in [3.8, 4) is 11.5 Å². The van der Waals surface area contributed by atoms with Crippen molar-refractivity contribution in [1.82, 2.24) is 10.2 Å².